The fourth-order valence-electron chi connectivity index (χ4n) is 3.30. The predicted molar refractivity (Wildman–Crippen MR) is 80.4 cm³/mol. The number of benzene rings is 1. The number of hydrogen-bond acceptors (Lipinski definition) is 2. The van der Waals surface area contributed by atoms with Gasteiger partial charge in [-0.05, 0) is 62.9 Å². The lowest BCUT2D eigenvalue weighted by molar-refractivity contribution is 0.195. The molecule has 1 aromatic carbocycles. The van der Waals surface area contributed by atoms with Gasteiger partial charge in [0.05, 0.1) is 5.02 Å². The molecule has 2 aliphatic rings. The van der Waals surface area contributed by atoms with Crippen molar-refractivity contribution in [3.8, 4) is 0 Å². The highest BCUT2D eigenvalue weighted by Crippen LogP contribution is 2.40. The summed E-state index contributed by atoms with van der Waals surface area (Å²) in [6, 6.07) is 5.15. The molecular formula is C16H22ClFN2. The molecule has 0 radical (unpaired) electrons. The summed E-state index contributed by atoms with van der Waals surface area (Å²) < 4.78 is 13.5. The van der Waals surface area contributed by atoms with Crippen LogP contribution >= 0.6 is 11.6 Å². The van der Waals surface area contributed by atoms with E-state index in [-0.39, 0.29) is 16.4 Å². The van der Waals surface area contributed by atoms with Crippen molar-refractivity contribution >= 4 is 11.6 Å². The van der Waals surface area contributed by atoms with Crippen LogP contribution in [0.15, 0.2) is 18.2 Å². The van der Waals surface area contributed by atoms with Crippen molar-refractivity contribution < 1.29 is 4.39 Å². The Hall–Kier alpha value is -0.640. The first kappa shape index (κ1) is 14.3. The maximum absolute atomic E-state index is 13.5. The van der Waals surface area contributed by atoms with Crippen molar-refractivity contribution in [2.75, 3.05) is 19.6 Å². The van der Waals surface area contributed by atoms with Crippen molar-refractivity contribution in [1.82, 2.24) is 10.2 Å². The smallest absolute Gasteiger partial charge is 0.142 e. The number of nitrogens with one attached hydrogen (secondary N) is 1. The molecule has 0 bridgehead atoms. The van der Waals surface area contributed by atoms with Crippen LogP contribution in [0.5, 0.6) is 0 Å². The zero-order valence-electron chi connectivity index (χ0n) is 12.0. The van der Waals surface area contributed by atoms with Crippen molar-refractivity contribution in [2.24, 2.45) is 5.92 Å². The molecule has 1 aliphatic carbocycles. The van der Waals surface area contributed by atoms with E-state index in [1.54, 1.807) is 12.1 Å². The van der Waals surface area contributed by atoms with E-state index in [0.717, 1.165) is 44.1 Å². The van der Waals surface area contributed by atoms with Crippen molar-refractivity contribution in [3.63, 3.8) is 0 Å². The normalized spacial score (nSPS) is 28.4. The van der Waals surface area contributed by atoms with Gasteiger partial charge in [-0.2, -0.15) is 0 Å². The first-order valence-corrected chi connectivity index (χ1v) is 7.86. The van der Waals surface area contributed by atoms with Crippen LogP contribution in [-0.4, -0.2) is 30.1 Å². The molecule has 0 amide bonds. The Labute approximate surface area is 125 Å². The van der Waals surface area contributed by atoms with Crippen LogP contribution in [-0.2, 0) is 6.54 Å². The Balaban J connectivity index is 1.70. The molecule has 0 spiro atoms. The molecule has 2 nitrogen and oxygen atoms in total. The number of nitrogens with zero attached hydrogens (tertiary/aromatic N) is 1. The zero-order valence-corrected chi connectivity index (χ0v) is 12.7. The highest BCUT2D eigenvalue weighted by molar-refractivity contribution is 6.30. The van der Waals surface area contributed by atoms with E-state index in [2.05, 4.69) is 17.1 Å². The van der Waals surface area contributed by atoms with E-state index in [0.29, 0.717) is 0 Å². The van der Waals surface area contributed by atoms with E-state index < -0.39 is 0 Å². The second-order valence-corrected chi connectivity index (χ2v) is 6.84. The second kappa shape index (κ2) is 5.63. The minimum absolute atomic E-state index is 0.203. The largest absolute Gasteiger partial charge is 0.310 e. The maximum Gasteiger partial charge on any atom is 0.142 e. The van der Waals surface area contributed by atoms with Gasteiger partial charge in [0.2, 0.25) is 0 Å². The summed E-state index contributed by atoms with van der Waals surface area (Å²) >= 11 is 5.75. The lowest BCUT2D eigenvalue weighted by Crippen LogP contribution is -2.50. The van der Waals surface area contributed by atoms with E-state index in [1.807, 2.05) is 6.07 Å². The average Bonchev–Trinajstić information content (AvgIpc) is 3.22. The minimum atomic E-state index is -0.318. The van der Waals surface area contributed by atoms with E-state index in [4.69, 9.17) is 11.6 Å². The Morgan fingerprint density at radius 3 is 2.95 bits per heavy atom. The summed E-state index contributed by atoms with van der Waals surface area (Å²) in [7, 11) is 0. The standard InChI is InChI=1S/C16H22ClFN2/c1-16(13-4-5-13)11-20(8-2-7-19-16)10-12-3-6-14(17)15(18)9-12/h3,6,9,13,19H,2,4-5,7-8,10-11H2,1H3. The van der Waals surface area contributed by atoms with Gasteiger partial charge in [0.25, 0.3) is 0 Å². The maximum atomic E-state index is 13.5. The van der Waals surface area contributed by atoms with Gasteiger partial charge in [0.1, 0.15) is 5.82 Å². The van der Waals surface area contributed by atoms with Crippen molar-refractivity contribution in [2.45, 2.75) is 38.3 Å². The van der Waals surface area contributed by atoms with Crippen molar-refractivity contribution in [1.29, 1.82) is 0 Å². The van der Waals surface area contributed by atoms with E-state index >= 15 is 0 Å². The van der Waals surface area contributed by atoms with Gasteiger partial charge < -0.3 is 5.32 Å². The number of hydrogen-bond donors (Lipinski definition) is 1. The van der Waals surface area contributed by atoms with Gasteiger partial charge in [-0.1, -0.05) is 17.7 Å². The fraction of sp³-hybridized carbons (Fsp3) is 0.625. The van der Waals surface area contributed by atoms with Gasteiger partial charge in [0, 0.05) is 18.6 Å². The number of halogens is 2. The van der Waals surface area contributed by atoms with Crippen molar-refractivity contribution in [3.05, 3.63) is 34.6 Å². The first-order chi connectivity index (χ1) is 9.57. The lowest BCUT2D eigenvalue weighted by Gasteiger charge is -2.34. The molecule has 3 rings (SSSR count). The SMILES string of the molecule is CC1(C2CC2)CN(Cc2ccc(Cl)c(F)c2)CCCN1. The van der Waals surface area contributed by atoms with Gasteiger partial charge in [-0.3, -0.25) is 4.90 Å². The van der Waals surface area contributed by atoms with Gasteiger partial charge in [-0.25, -0.2) is 4.39 Å². The molecule has 0 aromatic heterocycles. The van der Waals surface area contributed by atoms with Crippen LogP contribution in [0.25, 0.3) is 0 Å². The summed E-state index contributed by atoms with van der Waals surface area (Å²) in [5.41, 5.74) is 1.23. The van der Waals surface area contributed by atoms with Crippen LogP contribution in [0.3, 0.4) is 0 Å². The molecule has 1 saturated heterocycles. The molecule has 1 aromatic rings. The minimum Gasteiger partial charge on any atom is -0.310 e. The Kier molecular flexibility index (Phi) is 4.02. The summed E-state index contributed by atoms with van der Waals surface area (Å²) in [4.78, 5) is 2.45. The highest BCUT2D eigenvalue weighted by Gasteiger charge is 2.42. The third kappa shape index (κ3) is 3.16. The molecule has 1 saturated carbocycles. The van der Waals surface area contributed by atoms with Crippen LogP contribution in [0, 0.1) is 11.7 Å². The Morgan fingerprint density at radius 2 is 2.25 bits per heavy atom. The number of rotatable bonds is 3. The zero-order chi connectivity index (χ0) is 14.2. The first-order valence-electron chi connectivity index (χ1n) is 7.48. The quantitative estimate of drug-likeness (QED) is 0.919. The molecule has 2 fully saturated rings. The third-order valence-corrected chi connectivity index (χ3v) is 4.91. The Morgan fingerprint density at radius 1 is 1.45 bits per heavy atom. The summed E-state index contributed by atoms with van der Waals surface area (Å²) in [5.74, 6) is 0.493. The predicted octanol–water partition coefficient (Wildman–Crippen LogP) is 3.44. The monoisotopic (exact) mass is 296 g/mol. The highest BCUT2D eigenvalue weighted by atomic mass is 35.5. The van der Waals surface area contributed by atoms with E-state index in [1.165, 1.54) is 12.8 Å². The summed E-state index contributed by atoms with van der Waals surface area (Å²) in [6.45, 7) is 6.34. The molecule has 1 unspecified atom stereocenters. The molecule has 1 heterocycles. The van der Waals surface area contributed by atoms with Crippen LogP contribution < -0.4 is 5.32 Å². The third-order valence-electron chi connectivity index (χ3n) is 4.60. The molecule has 110 valence electrons. The summed E-state index contributed by atoms with van der Waals surface area (Å²) in [5, 5.41) is 3.92. The van der Waals surface area contributed by atoms with Crippen LogP contribution in [0.4, 0.5) is 4.39 Å². The topological polar surface area (TPSA) is 15.3 Å². The van der Waals surface area contributed by atoms with Gasteiger partial charge in [-0.15, -0.1) is 0 Å². The van der Waals surface area contributed by atoms with Crippen LogP contribution in [0.1, 0.15) is 31.7 Å². The van der Waals surface area contributed by atoms with Gasteiger partial charge in [0.15, 0.2) is 0 Å². The summed E-state index contributed by atoms with van der Waals surface area (Å²) in [6.07, 6.45) is 3.83. The van der Waals surface area contributed by atoms with Gasteiger partial charge >= 0.3 is 0 Å². The average molecular weight is 297 g/mol. The molecule has 20 heavy (non-hydrogen) atoms. The second-order valence-electron chi connectivity index (χ2n) is 6.43. The molecular weight excluding hydrogens is 275 g/mol. The molecule has 1 atom stereocenters. The molecule has 1 aliphatic heterocycles. The molecule has 1 N–H and O–H groups in total. The molecule has 4 heteroatoms. The van der Waals surface area contributed by atoms with E-state index in [9.17, 15) is 4.39 Å². The lowest BCUT2D eigenvalue weighted by atomic mass is 9.95. The van der Waals surface area contributed by atoms with Crippen LogP contribution in [0.2, 0.25) is 5.02 Å². The Bertz CT molecular complexity index is 489. The fourth-order valence-corrected chi connectivity index (χ4v) is 3.42.